The lowest BCUT2D eigenvalue weighted by Gasteiger charge is -2.10. The van der Waals surface area contributed by atoms with Crippen LogP contribution in [0.5, 0.6) is 11.5 Å². The fourth-order valence-corrected chi connectivity index (χ4v) is 2.81. The molecule has 2 heterocycles. The van der Waals surface area contributed by atoms with Crippen LogP contribution in [0, 0.1) is 0 Å². The van der Waals surface area contributed by atoms with Crippen LogP contribution in [0.2, 0.25) is 0 Å². The van der Waals surface area contributed by atoms with Gasteiger partial charge in [0.25, 0.3) is 5.91 Å². The predicted octanol–water partition coefficient (Wildman–Crippen LogP) is 1.50. The number of benzene rings is 1. The molecule has 0 radical (unpaired) electrons. The van der Waals surface area contributed by atoms with Gasteiger partial charge in [-0.3, -0.25) is 14.3 Å². The Morgan fingerprint density at radius 3 is 2.70 bits per heavy atom. The van der Waals surface area contributed by atoms with E-state index in [9.17, 15) is 9.59 Å². The normalized spacial score (nSPS) is 13.2. The SMILES string of the molecule is CC(C)NC(=O)CNC(=O)c1cn(C)nc1-c1ccc2c(c1)OCCCO2. The molecule has 0 saturated heterocycles. The third kappa shape index (κ3) is 4.58. The fraction of sp³-hybridized carbons (Fsp3) is 0.421. The van der Waals surface area contributed by atoms with Gasteiger partial charge in [-0.15, -0.1) is 0 Å². The van der Waals surface area contributed by atoms with E-state index in [0.717, 1.165) is 12.0 Å². The lowest BCUT2D eigenvalue weighted by molar-refractivity contribution is -0.120. The lowest BCUT2D eigenvalue weighted by Crippen LogP contribution is -2.39. The quantitative estimate of drug-likeness (QED) is 0.830. The van der Waals surface area contributed by atoms with Gasteiger partial charge >= 0.3 is 0 Å². The third-order valence-corrected chi connectivity index (χ3v) is 3.95. The number of aryl methyl sites for hydroxylation is 1. The van der Waals surface area contributed by atoms with Crippen LogP contribution in [-0.2, 0) is 11.8 Å². The summed E-state index contributed by atoms with van der Waals surface area (Å²) in [6.07, 6.45) is 2.45. The van der Waals surface area contributed by atoms with E-state index in [1.54, 1.807) is 17.9 Å². The Hall–Kier alpha value is -3.03. The summed E-state index contributed by atoms with van der Waals surface area (Å²) in [6.45, 7) is 4.83. The number of carbonyl (C=O) groups is 2. The zero-order valence-corrected chi connectivity index (χ0v) is 15.7. The van der Waals surface area contributed by atoms with Crippen molar-refractivity contribution >= 4 is 11.8 Å². The molecule has 2 aromatic rings. The first-order valence-electron chi connectivity index (χ1n) is 8.95. The summed E-state index contributed by atoms with van der Waals surface area (Å²) in [5, 5.41) is 9.78. The van der Waals surface area contributed by atoms with Gasteiger partial charge in [0, 0.05) is 31.3 Å². The van der Waals surface area contributed by atoms with Crippen molar-refractivity contribution in [2.45, 2.75) is 26.3 Å². The van der Waals surface area contributed by atoms with E-state index in [2.05, 4.69) is 15.7 Å². The van der Waals surface area contributed by atoms with Gasteiger partial charge in [-0.2, -0.15) is 5.10 Å². The molecule has 0 spiro atoms. The molecule has 0 unspecified atom stereocenters. The van der Waals surface area contributed by atoms with Crippen LogP contribution in [0.3, 0.4) is 0 Å². The highest BCUT2D eigenvalue weighted by atomic mass is 16.5. The van der Waals surface area contributed by atoms with E-state index in [-0.39, 0.29) is 24.4 Å². The Bertz CT molecular complexity index is 844. The molecule has 1 aliphatic heterocycles. The van der Waals surface area contributed by atoms with Crippen LogP contribution in [0.4, 0.5) is 0 Å². The second-order valence-electron chi connectivity index (χ2n) is 6.68. The minimum absolute atomic E-state index is 0.0187. The first-order chi connectivity index (χ1) is 12.9. The maximum Gasteiger partial charge on any atom is 0.255 e. The molecule has 3 rings (SSSR count). The summed E-state index contributed by atoms with van der Waals surface area (Å²) >= 11 is 0. The maximum atomic E-state index is 12.6. The Balaban J connectivity index is 1.80. The Morgan fingerprint density at radius 1 is 1.22 bits per heavy atom. The van der Waals surface area contributed by atoms with Crippen molar-refractivity contribution in [3.8, 4) is 22.8 Å². The topological polar surface area (TPSA) is 94.5 Å². The number of hydrogen-bond donors (Lipinski definition) is 2. The molecule has 8 heteroatoms. The van der Waals surface area contributed by atoms with E-state index in [1.807, 2.05) is 32.0 Å². The zero-order valence-electron chi connectivity index (χ0n) is 15.7. The van der Waals surface area contributed by atoms with Crippen LogP contribution < -0.4 is 20.1 Å². The fourth-order valence-electron chi connectivity index (χ4n) is 2.81. The van der Waals surface area contributed by atoms with Gasteiger partial charge in [-0.05, 0) is 32.0 Å². The first-order valence-corrected chi connectivity index (χ1v) is 8.95. The molecule has 0 atom stereocenters. The average molecular weight is 372 g/mol. The van der Waals surface area contributed by atoms with Crippen LogP contribution >= 0.6 is 0 Å². The number of aromatic nitrogens is 2. The monoisotopic (exact) mass is 372 g/mol. The highest BCUT2D eigenvalue weighted by Gasteiger charge is 2.20. The molecule has 0 saturated carbocycles. The molecule has 2 amide bonds. The molecule has 1 aromatic heterocycles. The van der Waals surface area contributed by atoms with E-state index < -0.39 is 0 Å². The minimum Gasteiger partial charge on any atom is -0.490 e. The van der Waals surface area contributed by atoms with Crippen molar-refractivity contribution in [3.05, 3.63) is 30.0 Å². The zero-order chi connectivity index (χ0) is 19.4. The average Bonchev–Trinajstić information content (AvgIpc) is 2.86. The number of amides is 2. The molecule has 1 aromatic carbocycles. The van der Waals surface area contributed by atoms with E-state index in [4.69, 9.17) is 9.47 Å². The van der Waals surface area contributed by atoms with Gasteiger partial charge < -0.3 is 20.1 Å². The number of nitrogens with zero attached hydrogens (tertiary/aromatic N) is 2. The van der Waals surface area contributed by atoms with Crippen LogP contribution in [0.15, 0.2) is 24.4 Å². The summed E-state index contributed by atoms with van der Waals surface area (Å²) in [4.78, 5) is 24.4. The number of rotatable bonds is 5. The van der Waals surface area contributed by atoms with E-state index in [1.165, 1.54) is 0 Å². The number of fused-ring (bicyclic) bond motifs is 1. The Kier molecular flexibility index (Phi) is 5.63. The molecule has 27 heavy (non-hydrogen) atoms. The predicted molar refractivity (Wildman–Crippen MR) is 99.9 cm³/mol. The largest absolute Gasteiger partial charge is 0.490 e. The summed E-state index contributed by atoms with van der Waals surface area (Å²) in [6, 6.07) is 5.51. The number of carbonyl (C=O) groups excluding carboxylic acids is 2. The Morgan fingerprint density at radius 2 is 1.96 bits per heavy atom. The van der Waals surface area contributed by atoms with Crippen LogP contribution in [-0.4, -0.2) is 47.4 Å². The molecule has 144 valence electrons. The maximum absolute atomic E-state index is 12.6. The lowest BCUT2D eigenvalue weighted by atomic mass is 10.1. The van der Waals surface area contributed by atoms with Gasteiger partial charge in [0.2, 0.25) is 5.91 Å². The van der Waals surface area contributed by atoms with Crippen LogP contribution in [0.25, 0.3) is 11.3 Å². The number of nitrogens with one attached hydrogen (secondary N) is 2. The standard InChI is InChI=1S/C19H24N4O4/c1-12(2)21-17(24)10-20-19(25)14-11-23(3)22-18(14)13-5-6-15-16(9-13)27-8-4-7-26-15/h5-6,9,11-12H,4,7-8,10H2,1-3H3,(H,20,25)(H,21,24). The summed E-state index contributed by atoms with van der Waals surface area (Å²) < 4.78 is 12.9. The second kappa shape index (κ2) is 8.11. The number of hydrogen-bond acceptors (Lipinski definition) is 5. The van der Waals surface area contributed by atoms with Gasteiger partial charge in [0.05, 0.1) is 25.3 Å². The minimum atomic E-state index is -0.357. The van der Waals surface area contributed by atoms with Gasteiger partial charge in [-0.25, -0.2) is 0 Å². The van der Waals surface area contributed by atoms with Crippen molar-refractivity contribution in [2.24, 2.45) is 7.05 Å². The molecule has 0 aliphatic carbocycles. The van der Waals surface area contributed by atoms with Crippen LogP contribution in [0.1, 0.15) is 30.6 Å². The van der Waals surface area contributed by atoms with Crippen molar-refractivity contribution in [2.75, 3.05) is 19.8 Å². The summed E-state index contributed by atoms with van der Waals surface area (Å²) in [5.74, 6) is 0.727. The van der Waals surface area contributed by atoms with Crippen molar-refractivity contribution in [3.63, 3.8) is 0 Å². The molecular weight excluding hydrogens is 348 g/mol. The van der Waals surface area contributed by atoms with E-state index >= 15 is 0 Å². The van der Waals surface area contributed by atoms with Gasteiger partial charge in [-0.1, -0.05) is 0 Å². The smallest absolute Gasteiger partial charge is 0.255 e. The molecule has 1 aliphatic rings. The Labute approximate surface area is 157 Å². The van der Waals surface area contributed by atoms with E-state index in [0.29, 0.717) is 36.0 Å². The van der Waals surface area contributed by atoms with Gasteiger partial charge in [0.1, 0.15) is 5.69 Å². The highest BCUT2D eigenvalue weighted by molar-refractivity contribution is 6.01. The molecule has 8 nitrogen and oxygen atoms in total. The van der Waals surface area contributed by atoms with Gasteiger partial charge in [0.15, 0.2) is 11.5 Å². The summed E-state index contributed by atoms with van der Waals surface area (Å²) in [7, 11) is 1.74. The molecule has 2 N–H and O–H groups in total. The molecular formula is C19H24N4O4. The highest BCUT2D eigenvalue weighted by Crippen LogP contribution is 2.34. The molecule has 0 fully saturated rings. The third-order valence-electron chi connectivity index (χ3n) is 3.95. The number of ether oxygens (including phenoxy) is 2. The van der Waals surface area contributed by atoms with Crippen molar-refractivity contribution in [1.82, 2.24) is 20.4 Å². The van der Waals surface area contributed by atoms with Crippen molar-refractivity contribution < 1.29 is 19.1 Å². The molecule has 0 bridgehead atoms. The van der Waals surface area contributed by atoms with Crippen molar-refractivity contribution in [1.29, 1.82) is 0 Å². The first kappa shape index (κ1) is 18.8. The summed E-state index contributed by atoms with van der Waals surface area (Å²) in [5.41, 5.74) is 1.66. The second-order valence-corrected chi connectivity index (χ2v) is 6.68.